The third kappa shape index (κ3) is 5.31. The molecule has 0 aromatic heterocycles. The van der Waals surface area contributed by atoms with Gasteiger partial charge in [0.1, 0.15) is 0 Å². The van der Waals surface area contributed by atoms with E-state index in [-0.39, 0.29) is 11.1 Å². The molecule has 0 fully saturated rings. The van der Waals surface area contributed by atoms with Crippen LogP contribution < -0.4 is 9.47 Å². The van der Waals surface area contributed by atoms with Crippen LogP contribution in [0, 0.1) is 0 Å². The van der Waals surface area contributed by atoms with Gasteiger partial charge in [0.05, 0.1) is 45.0 Å². The summed E-state index contributed by atoms with van der Waals surface area (Å²) in [7, 11) is 4.13. The van der Waals surface area contributed by atoms with Crippen LogP contribution in [0.4, 0.5) is 0 Å². The number of carbonyl (C=O) groups is 2. The maximum Gasteiger partial charge on any atom is 0.336 e. The maximum absolute atomic E-state index is 12.8. The molecule has 3 rings (SSSR count). The Morgan fingerprint density at radius 1 is 0.939 bits per heavy atom. The summed E-state index contributed by atoms with van der Waals surface area (Å²) in [6.07, 6.45) is 3.32. The van der Waals surface area contributed by atoms with Gasteiger partial charge in [-0.05, 0) is 36.2 Å². The molecule has 174 valence electrons. The molecule has 0 amide bonds. The van der Waals surface area contributed by atoms with Crippen molar-refractivity contribution in [2.75, 3.05) is 27.9 Å². The van der Waals surface area contributed by atoms with Crippen molar-refractivity contribution in [1.82, 2.24) is 4.90 Å². The highest BCUT2D eigenvalue weighted by molar-refractivity contribution is 6.31. The van der Waals surface area contributed by atoms with Crippen LogP contribution >= 0.6 is 11.6 Å². The largest absolute Gasteiger partial charge is 0.493 e. The second-order valence-corrected chi connectivity index (χ2v) is 7.60. The number of hydrogen-bond donors (Lipinski definition) is 0. The van der Waals surface area contributed by atoms with Crippen LogP contribution in [0.15, 0.2) is 66.0 Å². The topological polar surface area (TPSA) is 74.3 Å². The minimum absolute atomic E-state index is 0.277. The number of rotatable bonds is 8. The first-order valence-corrected chi connectivity index (χ1v) is 10.7. The van der Waals surface area contributed by atoms with Crippen LogP contribution in [0.5, 0.6) is 11.5 Å². The summed E-state index contributed by atoms with van der Waals surface area (Å²) in [5.41, 5.74) is 2.04. The molecule has 8 heteroatoms. The van der Waals surface area contributed by atoms with Crippen molar-refractivity contribution >= 4 is 23.5 Å². The zero-order valence-corrected chi connectivity index (χ0v) is 19.7. The minimum Gasteiger partial charge on any atom is -0.493 e. The highest BCUT2D eigenvalue weighted by atomic mass is 35.5. The fraction of sp³-hybridized carbons (Fsp3) is 0.280. The summed E-state index contributed by atoms with van der Waals surface area (Å²) in [6, 6.07) is 12.6. The Bertz CT molecular complexity index is 1060. The molecule has 2 aromatic carbocycles. The van der Waals surface area contributed by atoms with E-state index in [4.69, 9.17) is 30.5 Å². The first-order chi connectivity index (χ1) is 15.9. The van der Waals surface area contributed by atoms with Crippen molar-refractivity contribution in [3.63, 3.8) is 0 Å². The number of nitrogens with zero attached hydrogens (tertiary/aromatic N) is 1. The van der Waals surface area contributed by atoms with E-state index in [2.05, 4.69) is 0 Å². The second kappa shape index (κ2) is 10.9. The second-order valence-electron chi connectivity index (χ2n) is 7.19. The number of esters is 2. The first kappa shape index (κ1) is 24.2. The number of ether oxygens (including phenoxy) is 4. The number of carbonyl (C=O) groups excluding carboxylic acids is 2. The van der Waals surface area contributed by atoms with Crippen molar-refractivity contribution in [1.29, 1.82) is 0 Å². The van der Waals surface area contributed by atoms with Crippen molar-refractivity contribution in [2.45, 2.75) is 19.4 Å². The summed E-state index contributed by atoms with van der Waals surface area (Å²) in [6.45, 7) is 2.69. The van der Waals surface area contributed by atoms with Crippen molar-refractivity contribution in [3.05, 3.63) is 82.2 Å². The van der Waals surface area contributed by atoms with Gasteiger partial charge in [-0.15, -0.1) is 0 Å². The maximum atomic E-state index is 12.8. The van der Waals surface area contributed by atoms with Gasteiger partial charge < -0.3 is 23.8 Å². The fourth-order valence-electron chi connectivity index (χ4n) is 3.70. The van der Waals surface area contributed by atoms with Gasteiger partial charge >= 0.3 is 11.9 Å². The van der Waals surface area contributed by atoms with Crippen LogP contribution in [-0.2, 0) is 25.6 Å². The lowest BCUT2D eigenvalue weighted by molar-refractivity contribution is -0.137. The van der Waals surface area contributed by atoms with Crippen molar-refractivity contribution < 1.29 is 28.5 Å². The van der Waals surface area contributed by atoms with Crippen LogP contribution in [0.25, 0.3) is 0 Å². The molecule has 2 aromatic rings. The molecule has 33 heavy (non-hydrogen) atoms. The van der Waals surface area contributed by atoms with E-state index in [0.717, 1.165) is 5.56 Å². The third-order valence-corrected chi connectivity index (χ3v) is 5.57. The molecule has 7 nitrogen and oxygen atoms in total. The van der Waals surface area contributed by atoms with Crippen LogP contribution in [0.2, 0.25) is 5.02 Å². The zero-order chi connectivity index (χ0) is 24.0. The Morgan fingerprint density at radius 3 is 2.12 bits per heavy atom. The van der Waals surface area contributed by atoms with Gasteiger partial charge in [0.15, 0.2) is 11.5 Å². The lowest BCUT2D eigenvalue weighted by Gasteiger charge is -2.30. The third-order valence-electron chi connectivity index (χ3n) is 5.21. The monoisotopic (exact) mass is 471 g/mol. The Kier molecular flexibility index (Phi) is 8.01. The fourth-order valence-corrected chi connectivity index (χ4v) is 3.90. The molecule has 0 saturated heterocycles. The molecule has 1 aliphatic rings. The highest BCUT2D eigenvalue weighted by Gasteiger charge is 2.35. The number of methoxy groups -OCH3 is 3. The Balaban J connectivity index is 2.11. The molecule has 0 N–H and O–H groups in total. The molecule has 1 heterocycles. The Hall–Kier alpha value is -3.45. The SMILES string of the molecule is CCOc1ccc(C2C(C(=O)OC)=CN(Cc3ccccc3Cl)C=C2C(=O)OC)cc1OC. The van der Waals surface area contributed by atoms with Gasteiger partial charge in [-0.25, -0.2) is 9.59 Å². The van der Waals surface area contributed by atoms with Crippen LogP contribution in [0.1, 0.15) is 24.0 Å². The van der Waals surface area contributed by atoms with Gasteiger partial charge in [0, 0.05) is 24.0 Å². The summed E-state index contributed by atoms with van der Waals surface area (Å²) in [4.78, 5) is 27.4. The van der Waals surface area contributed by atoms with Crippen molar-refractivity contribution in [3.8, 4) is 11.5 Å². The molecular weight excluding hydrogens is 446 g/mol. The summed E-state index contributed by atoms with van der Waals surface area (Å²) >= 11 is 6.32. The van der Waals surface area contributed by atoms with Gasteiger partial charge in [-0.2, -0.15) is 0 Å². The van der Waals surface area contributed by atoms with Crippen molar-refractivity contribution in [2.24, 2.45) is 0 Å². The molecule has 0 saturated carbocycles. The highest BCUT2D eigenvalue weighted by Crippen LogP contribution is 2.40. The molecule has 0 atom stereocenters. The Morgan fingerprint density at radius 2 is 1.58 bits per heavy atom. The van der Waals surface area contributed by atoms with E-state index >= 15 is 0 Å². The lowest BCUT2D eigenvalue weighted by Crippen LogP contribution is -2.28. The lowest BCUT2D eigenvalue weighted by atomic mass is 9.83. The summed E-state index contributed by atoms with van der Waals surface area (Å²) < 4.78 is 21.2. The van der Waals surface area contributed by atoms with E-state index < -0.39 is 17.9 Å². The minimum atomic E-state index is -0.725. The van der Waals surface area contributed by atoms with E-state index in [9.17, 15) is 9.59 Å². The number of hydrogen-bond acceptors (Lipinski definition) is 7. The van der Waals surface area contributed by atoms with E-state index in [1.54, 1.807) is 41.6 Å². The Labute approximate surface area is 198 Å². The molecule has 0 unspecified atom stereocenters. The van der Waals surface area contributed by atoms with Gasteiger partial charge in [0.25, 0.3) is 0 Å². The van der Waals surface area contributed by atoms with Crippen LogP contribution in [0.3, 0.4) is 0 Å². The molecule has 0 spiro atoms. The molecule has 0 bridgehead atoms. The smallest absolute Gasteiger partial charge is 0.336 e. The van der Waals surface area contributed by atoms with E-state index in [1.165, 1.54) is 21.3 Å². The first-order valence-electron chi connectivity index (χ1n) is 10.3. The van der Waals surface area contributed by atoms with E-state index in [1.807, 2.05) is 25.1 Å². The predicted octanol–water partition coefficient (Wildman–Crippen LogP) is 4.46. The predicted molar refractivity (Wildman–Crippen MR) is 124 cm³/mol. The van der Waals surface area contributed by atoms with Crippen LogP contribution in [-0.4, -0.2) is 44.8 Å². The van der Waals surface area contributed by atoms with Gasteiger partial charge in [0.2, 0.25) is 0 Å². The number of halogens is 1. The molecule has 1 aliphatic heterocycles. The average molecular weight is 472 g/mol. The molecule has 0 aliphatic carbocycles. The standard InChI is InChI=1S/C25H26ClNO6/c1-5-33-21-11-10-16(12-22(21)30-2)23-18(24(28)31-3)14-27(15-19(23)25(29)32-4)13-17-8-6-7-9-20(17)26/h6-12,14-15,23H,5,13H2,1-4H3. The summed E-state index contributed by atoms with van der Waals surface area (Å²) in [5, 5.41) is 0.580. The number of benzene rings is 2. The van der Waals surface area contributed by atoms with Gasteiger partial charge in [-0.3, -0.25) is 0 Å². The normalized spacial score (nSPS) is 13.7. The quantitative estimate of drug-likeness (QED) is 0.526. The molecule has 0 radical (unpaired) electrons. The van der Waals surface area contributed by atoms with Gasteiger partial charge in [-0.1, -0.05) is 35.9 Å². The zero-order valence-electron chi connectivity index (χ0n) is 19.0. The van der Waals surface area contributed by atoms with E-state index in [0.29, 0.717) is 35.2 Å². The average Bonchev–Trinajstić information content (AvgIpc) is 2.84. The molecular formula is C25H26ClNO6. The summed E-state index contributed by atoms with van der Waals surface area (Å²) in [5.74, 6) is -0.802.